The van der Waals surface area contributed by atoms with Gasteiger partial charge in [-0.25, -0.2) is 0 Å². The van der Waals surface area contributed by atoms with Crippen molar-refractivity contribution in [3.05, 3.63) is 0 Å². The molecule has 0 heterocycles. The van der Waals surface area contributed by atoms with Crippen LogP contribution >= 0.6 is 0 Å². The van der Waals surface area contributed by atoms with E-state index in [0.717, 1.165) is 6.42 Å². The van der Waals surface area contributed by atoms with Crippen molar-refractivity contribution in [2.24, 2.45) is 0 Å². The monoisotopic (exact) mass is 142 g/mol. The van der Waals surface area contributed by atoms with Crippen molar-refractivity contribution in [1.82, 2.24) is 0 Å². The summed E-state index contributed by atoms with van der Waals surface area (Å²) in [5.41, 5.74) is 0. The Bertz CT molecular complexity index is 64.3. The fourth-order valence-electron chi connectivity index (χ4n) is 1.04. The molecule has 10 heavy (non-hydrogen) atoms. The molecule has 0 amide bonds. The number of aliphatic hydroxyl groups excluding tert-OH is 1. The van der Waals surface area contributed by atoms with Gasteiger partial charge in [-0.1, -0.05) is 39.0 Å². The van der Waals surface area contributed by atoms with Crippen molar-refractivity contribution in [3.63, 3.8) is 0 Å². The van der Waals surface area contributed by atoms with Gasteiger partial charge >= 0.3 is 0 Å². The zero-order valence-electron chi connectivity index (χ0n) is 7.27. The van der Waals surface area contributed by atoms with Crippen molar-refractivity contribution in [3.8, 4) is 0 Å². The summed E-state index contributed by atoms with van der Waals surface area (Å²) in [5.74, 6) is 0. The summed E-state index contributed by atoms with van der Waals surface area (Å²) in [6.45, 7) is 2.22. The fraction of sp³-hybridized carbons (Fsp3) is 1.00. The van der Waals surface area contributed by atoms with E-state index in [1.54, 1.807) is 0 Å². The van der Waals surface area contributed by atoms with Crippen molar-refractivity contribution < 1.29 is 5.11 Å². The van der Waals surface area contributed by atoms with Gasteiger partial charge in [-0.05, 0) is 6.42 Å². The lowest BCUT2D eigenvalue weighted by Gasteiger charge is -2.02. The minimum absolute atomic E-state index is 0.0957. The van der Waals surface area contributed by atoms with Gasteiger partial charge in [0, 0.05) is 6.00 Å². The summed E-state index contributed by atoms with van der Waals surface area (Å²) in [7, 11) is 1.86. The normalized spacial score (nSPS) is 13.4. The first-order valence-electron chi connectivity index (χ1n) is 4.45. The van der Waals surface area contributed by atoms with Gasteiger partial charge in [0.25, 0.3) is 0 Å². The van der Waals surface area contributed by atoms with Gasteiger partial charge in [0.15, 0.2) is 0 Å². The van der Waals surface area contributed by atoms with Crippen LogP contribution in [0.2, 0.25) is 0 Å². The Labute approximate surface area is 65.2 Å². The van der Waals surface area contributed by atoms with E-state index in [9.17, 15) is 0 Å². The lowest BCUT2D eigenvalue weighted by Crippen LogP contribution is -2.04. The summed E-state index contributed by atoms with van der Waals surface area (Å²) >= 11 is 0. The topological polar surface area (TPSA) is 20.2 Å². The number of rotatable bonds is 6. The molecule has 0 aliphatic rings. The van der Waals surface area contributed by atoms with Gasteiger partial charge in [0.05, 0.1) is 0 Å². The highest BCUT2D eigenvalue weighted by Gasteiger charge is 1.94. The maximum atomic E-state index is 8.91. The van der Waals surface area contributed by atoms with Gasteiger partial charge in [-0.15, -0.1) is 0 Å². The van der Waals surface area contributed by atoms with Crippen LogP contribution in [0.1, 0.15) is 45.4 Å². The maximum absolute atomic E-state index is 8.91. The van der Waals surface area contributed by atoms with E-state index < -0.39 is 0 Å². The largest absolute Gasteiger partial charge is 0.402 e. The van der Waals surface area contributed by atoms with Crippen LogP contribution in [-0.4, -0.2) is 19.0 Å². The lowest BCUT2D eigenvalue weighted by molar-refractivity contribution is 0.239. The van der Waals surface area contributed by atoms with Crippen LogP contribution in [0.5, 0.6) is 0 Å². The van der Waals surface area contributed by atoms with Crippen molar-refractivity contribution in [1.29, 1.82) is 0 Å². The molecule has 0 spiro atoms. The average Bonchev–Trinajstić information content (AvgIpc) is 1.87. The second kappa shape index (κ2) is 7.14. The van der Waals surface area contributed by atoms with Crippen LogP contribution in [0.15, 0.2) is 0 Å². The molecule has 1 nitrogen and oxygen atoms in total. The molecule has 0 fully saturated rings. The third-order valence-electron chi connectivity index (χ3n) is 1.73. The Morgan fingerprint density at radius 3 is 2.30 bits per heavy atom. The molecule has 0 rings (SSSR count). The molecule has 0 bridgehead atoms. The van der Waals surface area contributed by atoms with E-state index >= 15 is 0 Å². The minimum Gasteiger partial charge on any atom is -0.402 e. The second-order valence-electron chi connectivity index (χ2n) is 3.05. The predicted molar refractivity (Wildman–Crippen MR) is 47.9 cm³/mol. The number of hydrogen-bond acceptors (Lipinski definition) is 1. The van der Waals surface area contributed by atoms with Crippen LogP contribution in [0, 0.1) is 0 Å². The summed E-state index contributed by atoms with van der Waals surface area (Å²) in [5, 5.41) is 8.91. The summed E-state index contributed by atoms with van der Waals surface area (Å²) in [6.07, 6.45) is 7.44. The van der Waals surface area contributed by atoms with Crippen molar-refractivity contribution in [2.75, 3.05) is 0 Å². The first-order valence-corrected chi connectivity index (χ1v) is 4.45. The number of aliphatic hydroxyl groups is 1. The van der Waals surface area contributed by atoms with Crippen LogP contribution < -0.4 is 0 Å². The molecular formula is C8H19BO. The summed E-state index contributed by atoms with van der Waals surface area (Å²) < 4.78 is 0. The van der Waals surface area contributed by atoms with Gasteiger partial charge in [0.1, 0.15) is 7.85 Å². The van der Waals surface area contributed by atoms with Crippen LogP contribution in [0.3, 0.4) is 0 Å². The molecular weight excluding hydrogens is 123 g/mol. The molecule has 1 N–H and O–H groups in total. The van der Waals surface area contributed by atoms with Crippen LogP contribution in [-0.2, 0) is 0 Å². The van der Waals surface area contributed by atoms with Crippen LogP contribution in [0.4, 0.5) is 0 Å². The Hall–Kier alpha value is 0.0249. The predicted octanol–water partition coefficient (Wildman–Crippen LogP) is 1.30. The molecule has 1 atom stereocenters. The van der Waals surface area contributed by atoms with E-state index in [1.165, 1.54) is 32.1 Å². The van der Waals surface area contributed by atoms with Crippen molar-refractivity contribution in [2.45, 2.75) is 51.5 Å². The molecule has 0 radical (unpaired) electrons. The third-order valence-corrected chi connectivity index (χ3v) is 1.73. The smallest absolute Gasteiger partial charge is 0.138 e. The zero-order valence-corrected chi connectivity index (χ0v) is 7.27. The van der Waals surface area contributed by atoms with Crippen LogP contribution in [0.25, 0.3) is 0 Å². The molecule has 1 unspecified atom stereocenters. The van der Waals surface area contributed by atoms with E-state index in [4.69, 9.17) is 5.11 Å². The van der Waals surface area contributed by atoms with E-state index in [1.807, 2.05) is 7.85 Å². The number of hydrogen-bond donors (Lipinski definition) is 1. The first kappa shape index (κ1) is 10.0. The van der Waals surface area contributed by atoms with Gasteiger partial charge in [-0.2, -0.15) is 0 Å². The standard InChI is InChI=1S/C8H19BO/c1-2-3-4-5-6-7-8(9)10/h8,10H,2-7,9H2,1H3. The maximum Gasteiger partial charge on any atom is 0.138 e. The minimum atomic E-state index is -0.0957. The summed E-state index contributed by atoms with van der Waals surface area (Å²) in [6, 6.07) is -0.0957. The summed E-state index contributed by atoms with van der Waals surface area (Å²) in [4.78, 5) is 0. The average molecular weight is 142 g/mol. The highest BCUT2D eigenvalue weighted by atomic mass is 16.3. The fourth-order valence-corrected chi connectivity index (χ4v) is 1.04. The van der Waals surface area contributed by atoms with Gasteiger partial charge < -0.3 is 5.11 Å². The lowest BCUT2D eigenvalue weighted by atomic mass is 9.94. The Kier molecular flexibility index (Phi) is 7.15. The first-order chi connectivity index (χ1) is 4.77. The van der Waals surface area contributed by atoms with E-state index in [0.29, 0.717) is 0 Å². The number of unbranched alkanes of at least 4 members (excludes halogenated alkanes) is 4. The van der Waals surface area contributed by atoms with Gasteiger partial charge in [0.2, 0.25) is 0 Å². The Morgan fingerprint density at radius 1 is 1.20 bits per heavy atom. The molecule has 0 aromatic rings. The van der Waals surface area contributed by atoms with E-state index in [-0.39, 0.29) is 6.00 Å². The van der Waals surface area contributed by atoms with E-state index in [2.05, 4.69) is 6.92 Å². The molecule has 60 valence electrons. The molecule has 0 saturated heterocycles. The Morgan fingerprint density at radius 2 is 1.80 bits per heavy atom. The highest BCUT2D eigenvalue weighted by molar-refractivity contribution is 6.10. The zero-order chi connectivity index (χ0) is 7.82. The van der Waals surface area contributed by atoms with Crippen molar-refractivity contribution >= 4 is 7.85 Å². The SMILES string of the molecule is BC(O)CCCCCCC. The molecule has 0 saturated carbocycles. The quantitative estimate of drug-likeness (QED) is 0.437. The van der Waals surface area contributed by atoms with Gasteiger partial charge in [-0.3, -0.25) is 0 Å². The Balaban J connectivity index is 2.77. The second-order valence-corrected chi connectivity index (χ2v) is 3.05. The molecule has 0 aromatic heterocycles. The molecule has 0 aliphatic heterocycles. The molecule has 2 heteroatoms. The molecule has 0 aliphatic carbocycles. The highest BCUT2D eigenvalue weighted by Crippen LogP contribution is 2.05. The third kappa shape index (κ3) is 8.02. The molecule has 0 aromatic carbocycles.